The summed E-state index contributed by atoms with van der Waals surface area (Å²) in [4.78, 5) is 6.60. The SMILES string of the molecule is CC[C@@H](N)c1ccc(N(C)c2ccccc2C)cn1. The summed E-state index contributed by atoms with van der Waals surface area (Å²) in [5.41, 5.74) is 10.4. The molecule has 0 amide bonds. The van der Waals surface area contributed by atoms with Gasteiger partial charge in [0.25, 0.3) is 0 Å². The maximum atomic E-state index is 5.98. The number of pyridine rings is 1. The minimum Gasteiger partial charge on any atom is -0.343 e. The van der Waals surface area contributed by atoms with Crippen LogP contribution in [-0.4, -0.2) is 12.0 Å². The fourth-order valence-electron chi connectivity index (χ4n) is 2.10. The number of aromatic nitrogens is 1. The molecule has 3 nitrogen and oxygen atoms in total. The average molecular weight is 255 g/mol. The van der Waals surface area contributed by atoms with Crippen molar-refractivity contribution in [2.75, 3.05) is 11.9 Å². The molecular weight excluding hydrogens is 234 g/mol. The molecule has 0 radical (unpaired) electrons. The summed E-state index contributed by atoms with van der Waals surface area (Å²) in [6.45, 7) is 4.18. The molecule has 0 saturated carbocycles. The number of nitrogens with zero attached hydrogens (tertiary/aromatic N) is 2. The highest BCUT2D eigenvalue weighted by Gasteiger charge is 2.09. The Kier molecular flexibility index (Phi) is 4.17. The second-order valence-electron chi connectivity index (χ2n) is 4.80. The van der Waals surface area contributed by atoms with Crippen LogP contribution in [0.1, 0.15) is 30.6 Å². The maximum absolute atomic E-state index is 5.98. The Morgan fingerprint density at radius 3 is 2.53 bits per heavy atom. The third kappa shape index (κ3) is 2.93. The van der Waals surface area contributed by atoms with Crippen molar-refractivity contribution in [3.8, 4) is 0 Å². The predicted octanol–water partition coefficient (Wildman–Crippen LogP) is 3.57. The Hall–Kier alpha value is -1.87. The summed E-state index contributed by atoms with van der Waals surface area (Å²) >= 11 is 0. The molecule has 1 atom stereocenters. The second kappa shape index (κ2) is 5.85. The second-order valence-corrected chi connectivity index (χ2v) is 4.80. The normalized spacial score (nSPS) is 12.2. The van der Waals surface area contributed by atoms with E-state index in [0.717, 1.165) is 17.8 Å². The van der Waals surface area contributed by atoms with Crippen molar-refractivity contribution in [3.05, 3.63) is 53.9 Å². The smallest absolute Gasteiger partial charge is 0.0594 e. The predicted molar refractivity (Wildman–Crippen MR) is 80.7 cm³/mol. The first-order chi connectivity index (χ1) is 9.13. The fourth-order valence-corrected chi connectivity index (χ4v) is 2.10. The lowest BCUT2D eigenvalue weighted by molar-refractivity contribution is 0.675. The van der Waals surface area contributed by atoms with E-state index in [2.05, 4.69) is 49.0 Å². The number of aryl methyl sites for hydroxylation is 1. The van der Waals surface area contributed by atoms with Crippen LogP contribution in [0.3, 0.4) is 0 Å². The first-order valence-electron chi connectivity index (χ1n) is 6.64. The van der Waals surface area contributed by atoms with Crippen LogP contribution < -0.4 is 10.6 Å². The molecular formula is C16H21N3. The van der Waals surface area contributed by atoms with E-state index < -0.39 is 0 Å². The third-order valence-electron chi connectivity index (χ3n) is 3.45. The van der Waals surface area contributed by atoms with E-state index in [1.807, 2.05) is 24.4 Å². The molecule has 19 heavy (non-hydrogen) atoms. The minimum absolute atomic E-state index is 0.0258. The van der Waals surface area contributed by atoms with Gasteiger partial charge in [0.1, 0.15) is 0 Å². The zero-order chi connectivity index (χ0) is 13.8. The average Bonchev–Trinajstić information content (AvgIpc) is 2.46. The largest absolute Gasteiger partial charge is 0.343 e. The van der Waals surface area contributed by atoms with Gasteiger partial charge in [-0.1, -0.05) is 25.1 Å². The molecule has 1 heterocycles. The summed E-state index contributed by atoms with van der Waals surface area (Å²) in [5, 5.41) is 0. The van der Waals surface area contributed by atoms with Gasteiger partial charge in [0.05, 0.1) is 17.6 Å². The first-order valence-corrected chi connectivity index (χ1v) is 6.64. The van der Waals surface area contributed by atoms with E-state index in [-0.39, 0.29) is 6.04 Å². The monoisotopic (exact) mass is 255 g/mol. The lowest BCUT2D eigenvalue weighted by Crippen LogP contribution is -2.13. The summed E-state index contributed by atoms with van der Waals surface area (Å²) < 4.78 is 0. The van der Waals surface area contributed by atoms with Crippen LogP contribution in [0.2, 0.25) is 0 Å². The zero-order valence-electron chi connectivity index (χ0n) is 11.8. The summed E-state index contributed by atoms with van der Waals surface area (Å²) in [6, 6.07) is 12.4. The molecule has 0 aliphatic heterocycles. The number of nitrogens with two attached hydrogens (primary N) is 1. The molecule has 0 aliphatic carbocycles. The van der Waals surface area contributed by atoms with Crippen LogP contribution >= 0.6 is 0 Å². The van der Waals surface area contributed by atoms with Crippen molar-refractivity contribution < 1.29 is 0 Å². The Bertz CT molecular complexity index is 534. The molecule has 3 heteroatoms. The van der Waals surface area contributed by atoms with Crippen LogP contribution in [0.25, 0.3) is 0 Å². The Morgan fingerprint density at radius 1 is 1.21 bits per heavy atom. The third-order valence-corrected chi connectivity index (χ3v) is 3.45. The number of hydrogen-bond donors (Lipinski definition) is 1. The molecule has 0 bridgehead atoms. The van der Waals surface area contributed by atoms with Gasteiger partial charge in [-0.2, -0.15) is 0 Å². The highest BCUT2D eigenvalue weighted by molar-refractivity contribution is 5.64. The lowest BCUT2D eigenvalue weighted by Gasteiger charge is -2.21. The van der Waals surface area contributed by atoms with Gasteiger partial charge in [0.15, 0.2) is 0 Å². The van der Waals surface area contributed by atoms with Gasteiger partial charge in [-0.3, -0.25) is 4.98 Å². The topological polar surface area (TPSA) is 42.1 Å². The van der Waals surface area contributed by atoms with Crippen molar-refractivity contribution in [1.82, 2.24) is 4.98 Å². The van der Waals surface area contributed by atoms with Crippen molar-refractivity contribution in [2.24, 2.45) is 5.73 Å². The molecule has 2 rings (SSSR count). The minimum atomic E-state index is 0.0258. The molecule has 100 valence electrons. The molecule has 1 aromatic carbocycles. The summed E-state index contributed by atoms with van der Waals surface area (Å²) in [5.74, 6) is 0. The number of hydrogen-bond acceptors (Lipinski definition) is 3. The van der Waals surface area contributed by atoms with Crippen LogP contribution in [0.4, 0.5) is 11.4 Å². The highest BCUT2D eigenvalue weighted by atomic mass is 15.1. The molecule has 0 spiro atoms. The van der Waals surface area contributed by atoms with Crippen molar-refractivity contribution in [1.29, 1.82) is 0 Å². The van der Waals surface area contributed by atoms with Crippen molar-refractivity contribution in [3.63, 3.8) is 0 Å². The van der Waals surface area contributed by atoms with Gasteiger partial charge in [0, 0.05) is 18.8 Å². The standard InChI is InChI=1S/C16H21N3/c1-4-14(17)15-10-9-13(11-18-15)19(3)16-8-6-5-7-12(16)2/h5-11,14H,4,17H2,1-3H3/t14-/m1/s1. The lowest BCUT2D eigenvalue weighted by atomic mass is 10.1. The van der Waals surface area contributed by atoms with Crippen molar-refractivity contribution in [2.45, 2.75) is 26.3 Å². The Labute approximate surface area is 115 Å². The number of rotatable bonds is 4. The van der Waals surface area contributed by atoms with Gasteiger partial charge in [0.2, 0.25) is 0 Å². The molecule has 0 saturated heterocycles. The van der Waals surface area contributed by atoms with E-state index in [1.165, 1.54) is 11.3 Å². The number of benzene rings is 1. The Morgan fingerprint density at radius 2 is 1.95 bits per heavy atom. The number of anilines is 2. The summed E-state index contributed by atoms with van der Waals surface area (Å²) in [7, 11) is 2.05. The van der Waals surface area contributed by atoms with E-state index in [0.29, 0.717) is 0 Å². The van der Waals surface area contributed by atoms with Gasteiger partial charge < -0.3 is 10.6 Å². The van der Waals surface area contributed by atoms with Gasteiger partial charge in [-0.15, -0.1) is 0 Å². The molecule has 2 aromatic rings. The Balaban J connectivity index is 2.25. The van der Waals surface area contributed by atoms with Crippen LogP contribution in [-0.2, 0) is 0 Å². The van der Waals surface area contributed by atoms with Crippen LogP contribution in [0.15, 0.2) is 42.6 Å². The summed E-state index contributed by atoms with van der Waals surface area (Å²) in [6.07, 6.45) is 2.79. The van der Waals surface area contributed by atoms with Crippen LogP contribution in [0, 0.1) is 6.92 Å². The van der Waals surface area contributed by atoms with E-state index >= 15 is 0 Å². The molecule has 0 aliphatic rings. The quantitative estimate of drug-likeness (QED) is 0.908. The molecule has 1 aromatic heterocycles. The maximum Gasteiger partial charge on any atom is 0.0594 e. The van der Waals surface area contributed by atoms with Gasteiger partial charge in [-0.05, 0) is 37.1 Å². The highest BCUT2D eigenvalue weighted by Crippen LogP contribution is 2.26. The van der Waals surface area contributed by atoms with Crippen LogP contribution in [0.5, 0.6) is 0 Å². The van der Waals surface area contributed by atoms with Crippen molar-refractivity contribution >= 4 is 11.4 Å². The molecule has 0 unspecified atom stereocenters. The number of para-hydroxylation sites is 1. The zero-order valence-corrected chi connectivity index (χ0v) is 11.8. The van der Waals surface area contributed by atoms with Gasteiger partial charge in [-0.25, -0.2) is 0 Å². The van der Waals surface area contributed by atoms with E-state index in [9.17, 15) is 0 Å². The molecule has 0 fully saturated rings. The first kappa shape index (κ1) is 13.6. The van der Waals surface area contributed by atoms with E-state index in [4.69, 9.17) is 5.73 Å². The fraction of sp³-hybridized carbons (Fsp3) is 0.312. The molecule has 2 N–H and O–H groups in total. The van der Waals surface area contributed by atoms with Gasteiger partial charge >= 0.3 is 0 Å². The van der Waals surface area contributed by atoms with E-state index in [1.54, 1.807) is 0 Å².